The number of likely N-dealkylation sites (tertiary alicyclic amines) is 1. The van der Waals surface area contributed by atoms with Gasteiger partial charge in [-0.15, -0.1) is 0 Å². The maximum atomic E-state index is 12.1. The first-order valence-corrected chi connectivity index (χ1v) is 7.53. The Morgan fingerprint density at radius 2 is 2.00 bits per heavy atom. The first kappa shape index (κ1) is 17.4. The van der Waals surface area contributed by atoms with Crippen LogP contribution < -0.4 is 5.32 Å². The average molecular weight is 285 g/mol. The number of nitrogens with one attached hydrogen (secondary N) is 1. The number of rotatable bonds is 6. The van der Waals surface area contributed by atoms with Crippen LogP contribution in [-0.4, -0.2) is 74.2 Å². The molecule has 5 nitrogen and oxygen atoms in total. The summed E-state index contributed by atoms with van der Waals surface area (Å²) in [5, 5.41) is 3.36. The Kier molecular flexibility index (Phi) is 6.43. The summed E-state index contributed by atoms with van der Waals surface area (Å²) in [7, 11) is 5.73. The minimum Gasteiger partial charge on any atom is -0.468 e. The van der Waals surface area contributed by atoms with Gasteiger partial charge in [-0.05, 0) is 60.8 Å². The summed E-state index contributed by atoms with van der Waals surface area (Å²) in [6, 6.07) is 0.786. The van der Waals surface area contributed by atoms with E-state index >= 15 is 0 Å². The second-order valence-electron chi connectivity index (χ2n) is 6.57. The molecule has 1 aliphatic rings. The first-order chi connectivity index (χ1) is 9.28. The molecule has 0 aromatic rings. The highest BCUT2D eigenvalue weighted by Gasteiger charge is 2.37. The third-order valence-corrected chi connectivity index (χ3v) is 4.12. The van der Waals surface area contributed by atoms with Gasteiger partial charge in [-0.2, -0.15) is 0 Å². The van der Waals surface area contributed by atoms with Gasteiger partial charge >= 0.3 is 5.97 Å². The quantitative estimate of drug-likeness (QED) is 0.736. The van der Waals surface area contributed by atoms with Crippen molar-refractivity contribution in [2.45, 2.75) is 51.2 Å². The lowest BCUT2D eigenvalue weighted by Gasteiger charge is -2.40. The Labute approximate surface area is 123 Å². The molecule has 0 bridgehead atoms. The van der Waals surface area contributed by atoms with Gasteiger partial charge in [-0.25, -0.2) is 0 Å². The van der Waals surface area contributed by atoms with Gasteiger partial charge in [0, 0.05) is 18.6 Å². The zero-order chi connectivity index (χ0) is 15.3. The van der Waals surface area contributed by atoms with E-state index in [0.29, 0.717) is 12.6 Å². The summed E-state index contributed by atoms with van der Waals surface area (Å²) >= 11 is 0. The molecule has 0 amide bonds. The molecule has 1 unspecified atom stereocenters. The zero-order valence-corrected chi connectivity index (χ0v) is 13.9. The van der Waals surface area contributed by atoms with Crippen LogP contribution in [0.25, 0.3) is 0 Å². The van der Waals surface area contributed by atoms with Crippen molar-refractivity contribution in [2.75, 3.05) is 40.8 Å². The summed E-state index contributed by atoms with van der Waals surface area (Å²) in [4.78, 5) is 16.8. The lowest BCUT2D eigenvalue weighted by molar-refractivity contribution is -0.149. The van der Waals surface area contributed by atoms with Gasteiger partial charge in [-0.3, -0.25) is 10.1 Å². The van der Waals surface area contributed by atoms with E-state index in [1.54, 1.807) is 0 Å². The van der Waals surface area contributed by atoms with E-state index in [-0.39, 0.29) is 12.0 Å². The molecule has 0 aromatic carbocycles. The number of methoxy groups -OCH3 is 1. The number of piperidine rings is 1. The molecule has 1 atom stereocenters. The van der Waals surface area contributed by atoms with Crippen LogP contribution in [0.15, 0.2) is 0 Å². The molecule has 118 valence electrons. The summed E-state index contributed by atoms with van der Waals surface area (Å²) in [5.41, 5.74) is -0.652. The van der Waals surface area contributed by atoms with Gasteiger partial charge < -0.3 is 14.5 Å². The molecule has 1 aliphatic heterocycles. The molecule has 1 saturated heterocycles. The van der Waals surface area contributed by atoms with Gasteiger partial charge in [0.05, 0.1) is 7.11 Å². The minimum absolute atomic E-state index is 0.189. The van der Waals surface area contributed by atoms with Gasteiger partial charge in [0.2, 0.25) is 0 Å². The molecule has 0 spiro atoms. The topological polar surface area (TPSA) is 44.8 Å². The maximum absolute atomic E-state index is 12.1. The predicted molar refractivity (Wildman–Crippen MR) is 81.8 cm³/mol. The number of ether oxygens (including phenoxy) is 1. The van der Waals surface area contributed by atoms with Gasteiger partial charge in [-0.1, -0.05) is 0 Å². The molecule has 0 aliphatic carbocycles. The van der Waals surface area contributed by atoms with E-state index in [4.69, 9.17) is 4.74 Å². The molecule has 1 heterocycles. The molecule has 1 N–H and O–H groups in total. The van der Waals surface area contributed by atoms with Crippen molar-refractivity contribution in [2.24, 2.45) is 0 Å². The van der Waals surface area contributed by atoms with E-state index in [0.717, 1.165) is 25.9 Å². The van der Waals surface area contributed by atoms with Gasteiger partial charge in [0.25, 0.3) is 0 Å². The SMILES string of the molecule is COC(=O)C(C)(CN(C)C1CCN(C)CC1)NC(C)C. The zero-order valence-electron chi connectivity index (χ0n) is 13.9. The van der Waals surface area contributed by atoms with Crippen molar-refractivity contribution in [3.63, 3.8) is 0 Å². The Bertz CT molecular complexity index is 314. The lowest BCUT2D eigenvalue weighted by atomic mass is 9.97. The lowest BCUT2D eigenvalue weighted by Crippen LogP contribution is -2.60. The molecular weight excluding hydrogens is 254 g/mol. The van der Waals surface area contributed by atoms with Crippen molar-refractivity contribution in [3.05, 3.63) is 0 Å². The molecule has 0 saturated carbocycles. The Morgan fingerprint density at radius 1 is 1.45 bits per heavy atom. The number of hydrogen-bond acceptors (Lipinski definition) is 5. The Balaban J connectivity index is 2.66. The summed E-state index contributed by atoms with van der Waals surface area (Å²) < 4.78 is 4.99. The third kappa shape index (κ3) is 4.72. The second kappa shape index (κ2) is 7.38. The standard InChI is InChI=1S/C15H31N3O2/c1-12(2)16-15(3,14(19)20-6)11-18(5)13-7-9-17(4)10-8-13/h12-13,16H,7-11H2,1-6H3. The van der Waals surface area contributed by atoms with Crippen molar-refractivity contribution < 1.29 is 9.53 Å². The summed E-state index contributed by atoms with van der Waals surface area (Å²) in [5.74, 6) is -0.189. The first-order valence-electron chi connectivity index (χ1n) is 7.53. The Morgan fingerprint density at radius 3 is 2.45 bits per heavy atom. The van der Waals surface area contributed by atoms with Crippen LogP contribution in [0, 0.1) is 0 Å². The monoisotopic (exact) mass is 285 g/mol. The van der Waals surface area contributed by atoms with Crippen LogP contribution in [0.3, 0.4) is 0 Å². The van der Waals surface area contributed by atoms with Crippen molar-refractivity contribution in [1.82, 2.24) is 15.1 Å². The molecule has 0 aromatic heterocycles. The summed E-state index contributed by atoms with van der Waals surface area (Å²) in [6.45, 7) is 8.97. The number of likely N-dealkylation sites (N-methyl/N-ethyl adjacent to an activating group) is 1. The fourth-order valence-electron chi connectivity index (χ4n) is 3.10. The van der Waals surface area contributed by atoms with Crippen molar-refractivity contribution in [1.29, 1.82) is 0 Å². The average Bonchev–Trinajstić information content (AvgIpc) is 2.37. The predicted octanol–water partition coefficient (Wildman–Crippen LogP) is 0.942. The Hall–Kier alpha value is -0.650. The third-order valence-electron chi connectivity index (χ3n) is 4.12. The number of carbonyl (C=O) groups is 1. The van der Waals surface area contributed by atoms with Gasteiger partial charge in [0.1, 0.15) is 5.54 Å². The number of esters is 1. The minimum atomic E-state index is -0.652. The fourth-order valence-corrected chi connectivity index (χ4v) is 3.10. The number of carbonyl (C=O) groups excluding carboxylic acids is 1. The van der Waals surface area contributed by atoms with Crippen LogP contribution in [-0.2, 0) is 9.53 Å². The van der Waals surface area contributed by atoms with E-state index in [1.165, 1.54) is 7.11 Å². The molecule has 20 heavy (non-hydrogen) atoms. The smallest absolute Gasteiger partial charge is 0.327 e. The van der Waals surface area contributed by atoms with Crippen LogP contribution in [0.2, 0.25) is 0 Å². The number of hydrogen-bond donors (Lipinski definition) is 1. The van der Waals surface area contributed by atoms with Crippen LogP contribution >= 0.6 is 0 Å². The summed E-state index contributed by atoms with van der Waals surface area (Å²) in [6.07, 6.45) is 2.32. The largest absolute Gasteiger partial charge is 0.468 e. The molecular formula is C15H31N3O2. The van der Waals surface area contributed by atoms with Crippen molar-refractivity contribution >= 4 is 5.97 Å². The van der Waals surface area contributed by atoms with E-state index in [1.807, 2.05) is 6.92 Å². The van der Waals surface area contributed by atoms with Crippen LogP contribution in [0.5, 0.6) is 0 Å². The van der Waals surface area contributed by atoms with Crippen LogP contribution in [0.4, 0.5) is 0 Å². The molecule has 1 fully saturated rings. The molecule has 1 rings (SSSR count). The maximum Gasteiger partial charge on any atom is 0.327 e. The van der Waals surface area contributed by atoms with Gasteiger partial charge in [0.15, 0.2) is 0 Å². The highest BCUT2D eigenvalue weighted by atomic mass is 16.5. The fraction of sp³-hybridized carbons (Fsp3) is 0.933. The van der Waals surface area contributed by atoms with Crippen molar-refractivity contribution in [3.8, 4) is 0 Å². The molecule has 0 radical (unpaired) electrons. The normalized spacial score (nSPS) is 21.2. The highest BCUT2D eigenvalue weighted by Crippen LogP contribution is 2.18. The van der Waals surface area contributed by atoms with Crippen LogP contribution in [0.1, 0.15) is 33.6 Å². The highest BCUT2D eigenvalue weighted by molar-refractivity contribution is 5.80. The van der Waals surface area contributed by atoms with E-state index < -0.39 is 5.54 Å². The number of nitrogens with zero attached hydrogens (tertiary/aromatic N) is 2. The van der Waals surface area contributed by atoms with E-state index in [2.05, 4.69) is 43.1 Å². The van der Waals surface area contributed by atoms with E-state index in [9.17, 15) is 4.79 Å². The second-order valence-corrected chi connectivity index (χ2v) is 6.57. The molecule has 5 heteroatoms.